The molecule has 18 heavy (non-hydrogen) atoms. The summed E-state index contributed by atoms with van der Waals surface area (Å²) >= 11 is 5.08. The highest BCUT2D eigenvalue weighted by Crippen LogP contribution is 2.28. The Balaban J connectivity index is 2.24. The van der Waals surface area contributed by atoms with Crippen molar-refractivity contribution in [2.24, 2.45) is 7.05 Å². The number of nitrogens with zero attached hydrogens (tertiary/aromatic N) is 5. The average Bonchev–Trinajstić information content (AvgIpc) is 2.81. The third kappa shape index (κ3) is 1.40. The van der Waals surface area contributed by atoms with Crippen LogP contribution in [0.5, 0.6) is 0 Å². The number of carbonyl (C=O) groups excluding carboxylic acids is 1. The van der Waals surface area contributed by atoms with E-state index < -0.39 is 0 Å². The van der Waals surface area contributed by atoms with E-state index in [1.165, 1.54) is 6.33 Å². The van der Waals surface area contributed by atoms with E-state index in [0.29, 0.717) is 27.8 Å². The minimum atomic E-state index is -0.172. The average molecular weight is 263 g/mol. The summed E-state index contributed by atoms with van der Waals surface area (Å²) in [6.45, 7) is 0.124. The number of aryl methyl sites for hydroxylation is 1. The lowest BCUT2D eigenvalue weighted by atomic mass is 10.3. The second-order valence-corrected chi connectivity index (χ2v) is 4.23. The normalized spacial score (nSPS) is 15.5. The summed E-state index contributed by atoms with van der Waals surface area (Å²) in [5.74, 6) is 0.633. The molecule has 1 aliphatic heterocycles. The van der Waals surface area contributed by atoms with Gasteiger partial charge >= 0.3 is 0 Å². The molecule has 3 N–H and O–H groups in total. The standard InChI is InChI=1S/C9H9N7OS/c1-15-7-5(6(10)11-3-12-7)8(14-15)16-2-4(17)13-9(16)18/h3H,2H2,1H3,(H2,10,11,12)(H,13,17,18). The van der Waals surface area contributed by atoms with Crippen LogP contribution in [0.1, 0.15) is 0 Å². The molecule has 92 valence electrons. The molecule has 0 aromatic carbocycles. The third-order valence-electron chi connectivity index (χ3n) is 2.68. The molecule has 0 radical (unpaired) electrons. The highest BCUT2D eigenvalue weighted by Gasteiger charge is 2.29. The van der Waals surface area contributed by atoms with E-state index in [1.807, 2.05) is 0 Å². The van der Waals surface area contributed by atoms with Crippen LogP contribution in [0.15, 0.2) is 6.33 Å². The number of fused-ring (bicyclic) bond motifs is 1. The van der Waals surface area contributed by atoms with E-state index in [2.05, 4.69) is 20.4 Å². The molecule has 2 aromatic rings. The summed E-state index contributed by atoms with van der Waals surface area (Å²) in [4.78, 5) is 21.0. The van der Waals surface area contributed by atoms with Gasteiger partial charge in [-0.05, 0) is 12.2 Å². The predicted molar refractivity (Wildman–Crippen MR) is 68.8 cm³/mol. The van der Waals surface area contributed by atoms with Crippen molar-refractivity contribution in [1.82, 2.24) is 25.1 Å². The Bertz CT molecular complexity index is 679. The van der Waals surface area contributed by atoms with Crippen LogP contribution in [-0.2, 0) is 11.8 Å². The molecular weight excluding hydrogens is 254 g/mol. The lowest BCUT2D eigenvalue weighted by molar-refractivity contribution is -0.117. The van der Waals surface area contributed by atoms with Crippen molar-refractivity contribution >= 4 is 45.9 Å². The number of hydrogen-bond acceptors (Lipinski definition) is 6. The van der Waals surface area contributed by atoms with Crippen LogP contribution in [0.25, 0.3) is 11.0 Å². The van der Waals surface area contributed by atoms with Crippen LogP contribution in [0, 0.1) is 0 Å². The summed E-state index contributed by atoms with van der Waals surface area (Å²) < 4.78 is 1.58. The highest BCUT2D eigenvalue weighted by atomic mass is 32.1. The van der Waals surface area contributed by atoms with Gasteiger partial charge in [0.2, 0.25) is 5.91 Å². The number of nitrogens with two attached hydrogens (primary N) is 1. The lowest BCUT2D eigenvalue weighted by Gasteiger charge is -2.12. The van der Waals surface area contributed by atoms with E-state index in [1.54, 1.807) is 16.6 Å². The maximum Gasteiger partial charge on any atom is 0.246 e. The van der Waals surface area contributed by atoms with Gasteiger partial charge in [-0.1, -0.05) is 0 Å². The van der Waals surface area contributed by atoms with E-state index in [9.17, 15) is 4.79 Å². The number of rotatable bonds is 1. The van der Waals surface area contributed by atoms with Crippen molar-refractivity contribution in [3.05, 3.63) is 6.33 Å². The number of hydrogen-bond donors (Lipinski definition) is 2. The van der Waals surface area contributed by atoms with Gasteiger partial charge in [0.15, 0.2) is 16.6 Å². The number of anilines is 2. The summed E-state index contributed by atoms with van der Waals surface area (Å²) in [5.41, 5.74) is 6.44. The molecule has 8 nitrogen and oxygen atoms in total. The Kier molecular flexibility index (Phi) is 2.17. The van der Waals surface area contributed by atoms with Crippen LogP contribution in [0.2, 0.25) is 0 Å². The summed E-state index contributed by atoms with van der Waals surface area (Å²) in [6.07, 6.45) is 1.37. The molecule has 0 atom stereocenters. The van der Waals surface area contributed by atoms with Gasteiger partial charge in [0.1, 0.15) is 24.1 Å². The maximum atomic E-state index is 11.3. The van der Waals surface area contributed by atoms with Crippen molar-refractivity contribution in [3.8, 4) is 0 Å². The zero-order valence-corrected chi connectivity index (χ0v) is 10.2. The first kappa shape index (κ1) is 10.8. The van der Waals surface area contributed by atoms with Crippen molar-refractivity contribution in [2.75, 3.05) is 17.2 Å². The van der Waals surface area contributed by atoms with Gasteiger partial charge < -0.3 is 11.1 Å². The molecule has 1 saturated heterocycles. The van der Waals surface area contributed by atoms with Gasteiger partial charge in [0.05, 0.1) is 0 Å². The van der Waals surface area contributed by atoms with Crippen molar-refractivity contribution in [1.29, 1.82) is 0 Å². The number of aromatic nitrogens is 4. The maximum absolute atomic E-state index is 11.3. The first-order valence-electron chi connectivity index (χ1n) is 5.12. The van der Waals surface area contributed by atoms with Crippen LogP contribution >= 0.6 is 12.2 Å². The lowest BCUT2D eigenvalue weighted by Crippen LogP contribution is -2.28. The predicted octanol–water partition coefficient (Wildman–Crippen LogP) is -0.833. The molecule has 1 amide bonds. The molecule has 1 fully saturated rings. The molecule has 0 spiro atoms. The second kappa shape index (κ2) is 3.60. The first-order valence-corrected chi connectivity index (χ1v) is 5.53. The van der Waals surface area contributed by atoms with Gasteiger partial charge in [-0.25, -0.2) is 14.6 Å². The topological polar surface area (TPSA) is 102 Å². The van der Waals surface area contributed by atoms with Crippen LogP contribution in [-0.4, -0.2) is 37.3 Å². The zero-order valence-electron chi connectivity index (χ0n) is 9.41. The number of thiocarbonyl (C=S) groups is 1. The van der Waals surface area contributed by atoms with Gasteiger partial charge in [-0.15, -0.1) is 0 Å². The van der Waals surface area contributed by atoms with E-state index in [0.717, 1.165) is 0 Å². The minimum Gasteiger partial charge on any atom is -0.383 e. The minimum absolute atomic E-state index is 0.124. The Hall–Kier alpha value is -2.29. The van der Waals surface area contributed by atoms with E-state index in [-0.39, 0.29) is 12.5 Å². The molecule has 3 rings (SSSR count). The molecule has 0 bridgehead atoms. The Morgan fingerprint density at radius 2 is 2.28 bits per heavy atom. The molecule has 0 unspecified atom stereocenters. The number of carbonyl (C=O) groups is 1. The van der Waals surface area contributed by atoms with E-state index >= 15 is 0 Å². The Labute approximate surface area is 107 Å². The van der Waals surface area contributed by atoms with Gasteiger partial charge in [-0.2, -0.15) is 5.10 Å². The fraction of sp³-hybridized carbons (Fsp3) is 0.222. The number of nitrogen functional groups attached to an aromatic ring is 1. The number of nitrogens with one attached hydrogen (secondary N) is 1. The monoisotopic (exact) mass is 263 g/mol. The Morgan fingerprint density at radius 1 is 1.50 bits per heavy atom. The smallest absolute Gasteiger partial charge is 0.246 e. The van der Waals surface area contributed by atoms with Crippen LogP contribution < -0.4 is 16.0 Å². The number of amides is 1. The first-order chi connectivity index (χ1) is 8.58. The third-order valence-corrected chi connectivity index (χ3v) is 3.00. The van der Waals surface area contributed by atoms with Gasteiger partial charge in [0, 0.05) is 7.05 Å². The van der Waals surface area contributed by atoms with E-state index in [4.69, 9.17) is 18.0 Å². The van der Waals surface area contributed by atoms with Gasteiger partial charge in [0.25, 0.3) is 0 Å². The van der Waals surface area contributed by atoms with Gasteiger partial charge in [-0.3, -0.25) is 9.69 Å². The molecule has 0 saturated carbocycles. The molecule has 0 aliphatic carbocycles. The van der Waals surface area contributed by atoms with Crippen LogP contribution in [0.3, 0.4) is 0 Å². The zero-order chi connectivity index (χ0) is 12.9. The largest absolute Gasteiger partial charge is 0.383 e. The second-order valence-electron chi connectivity index (χ2n) is 3.84. The van der Waals surface area contributed by atoms with Crippen molar-refractivity contribution in [3.63, 3.8) is 0 Å². The fourth-order valence-corrected chi connectivity index (χ4v) is 2.16. The molecule has 2 aromatic heterocycles. The summed E-state index contributed by atoms with van der Waals surface area (Å²) in [6, 6.07) is 0. The summed E-state index contributed by atoms with van der Waals surface area (Å²) in [7, 11) is 1.74. The Morgan fingerprint density at radius 3 is 2.94 bits per heavy atom. The fourth-order valence-electron chi connectivity index (χ4n) is 1.89. The highest BCUT2D eigenvalue weighted by molar-refractivity contribution is 7.80. The quantitative estimate of drug-likeness (QED) is 0.647. The molecular formula is C9H9N7OS. The SMILES string of the molecule is Cn1nc(N2CC(=O)NC2=S)c2c(N)ncnc21. The van der Waals surface area contributed by atoms with Crippen molar-refractivity contribution < 1.29 is 4.79 Å². The van der Waals surface area contributed by atoms with Crippen LogP contribution in [0.4, 0.5) is 11.6 Å². The summed E-state index contributed by atoms with van der Waals surface area (Å²) in [5, 5.41) is 7.75. The van der Waals surface area contributed by atoms with Crippen molar-refractivity contribution in [2.45, 2.75) is 0 Å². The molecule has 3 heterocycles. The molecule has 1 aliphatic rings. The molecule has 9 heteroatoms.